The zero-order chi connectivity index (χ0) is 14.3. The lowest BCUT2D eigenvalue weighted by Crippen LogP contribution is -2.36. The molecule has 1 aromatic rings. The van der Waals surface area contributed by atoms with Crippen LogP contribution in [0.2, 0.25) is 0 Å². The molecule has 1 atom stereocenters. The minimum absolute atomic E-state index is 0.396. The third-order valence-corrected chi connectivity index (χ3v) is 3.96. The fraction of sp³-hybridized carbons (Fsp3) is 0.588. The van der Waals surface area contributed by atoms with E-state index >= 15 is 0 Å². The Bertz CT molecular complexity index is 362. The second-order valence-corrected chi connectivity index (χ2v) is 5.08. The third kappa shape index (κ3) is 4.46. The van der Waals surface area contributed by atoms with Crippen molar-refractivity contribution in [3.8, 4) is 0 Å². The molecule has 1 unspecified atom stereocenters. The summed E-state index contributed by atoms with van der Waals surface area (Å²) in [4.78, 5) is 6.92. The lowest BCUT2D eigenvalue weighted by atomic mass is 9.90. The minimum Gasteiger partial charge on any atom is -0.295 e. The lowest BCUT2D eigenvalue weighted by Gasteiger charge is -2.35. The molecule has 1 heterocycles. The number of pyridine rings is 1. The van der Waals surface area contributed by atoms with E-state index in [1.165, 1.54) is 37.0 Å². The summed E-state index contributed by atoms with van der Waals surface area (Å²) in [6, 6.07) is 7.23. The Hall–Kier alpha value is -1.15. The van der Waals surface area contributed by atoms with E-state index in [1.54, 1.807) is 0 Å². The summed E-state index contributed by atoms with van der Waals surface area (Å²) in [5, 5.41) is 0. The van der Waals surface area contributed by atoms with E-state index in [2.05, 4.69) is 42.6 Å². The van der Waals surface area contributed by atoms with Crippen molar-refractivity contribution in [1.82, 2.24) is 9.88 Å². The van der Waals surface area contributed by atoms with Gasteiger partial charge in [-0.1, -0.05) is 32.1 Å². The summed E-state index contributed by atoms with van der Waals surface area (Å²) < 4.78 is 0. The van der Waals surface area contributed by atoms with E-state index in [0.29, 0.717) is 12.1 Å². The summed E-state index contributed by atoms with van der Waals surface area (Å²) in [7, 11) is 2.22. The molecule has 1 saturated carbocycles. The van der Waals surface area contributed by atoms with Gasteiger partial charge in [0.1, 0.15) is 0 Å². The molecule has 1 aromatic heterocycles. The normalized spacial score (nSPS) is 17.8. The van der Waals surface area contributed by atoms with Crippen molar-refractivity contribution in [3.05, 3.63) is 42.2 Å². The Morgan fingerprint density at radius 2 is 1.89 bits per heavy atom. The van der Waals surface area contributed by atoms with Crippen molar-refractivity contribution in [1.29, 1.82) is 0 Å². The van der Waals surface area contributed by atoms with Crippen molar-refractivity contribution >= 4 is 0 Å². The maximum atomic E-state index is 4.45. The monoisotopic (exact) mass is 260 g/mol. The number of hydrogen-bond donors (Lipinski definition) is 0. The molecule has 2 heteroatoms. The van der Waals surface area contributed by atoms with Gasteiger partial charge in [0, 0.05) is 18.3 Å². The van der Waals surface area contributed by atoms with Crippen molar-refractivity contribution < 1.29 is 0 Å². The molecule has 1 fully saturated rings. The van der Waals surface area contributed by atoms with Crippen LogP contribution in [-0.2, 0) is 0 Å². The average molecular weight is 260 g/mol. The number of aromatic nitrogens is 1. The van der Waals surface area contributed by atoms with Gasteiger partial charge >= 0.3 is 0 Å². The summed E-state index contributed by atoms with van der Waals surface area (Å²) in [6.45, 7) is 10.3. The third-order valence-electron chi connectivity index (χ3n) is 3.96. The van der Waals surface area contributed by atoms with Crippen LogP contribution in [0.25, 0.3) is 0 Å². The Labute approximate surface area is 118 Å². The largest absolute Gasteiger partial charge is 0.295 e. The van der Waals surface area contributed by atoms with Crippen LogP contribution < -0.4 is 0 Å². The standard InChI is InChI=1S/C15H22N2.C2H6/c1-12-7-9-14(10-8-12)17(3)13(2)15-6-4-5-11-16-15;1-2/h4-6,11,13-14H,1,7-10H2,2-3H3;1-2H3. The molecule has 0 radical (unpaired) electrons. The topological polar surface area (TPSA) is 16.1 Å². The Balaban J connectivity index is 0.000000861. The van der Waals surface area contributed by atoms with Gasteiger partial charge in [-0.25, -0.2) is 0 Å². The van der Waals surface area contributed by atoms with Crippen LogP contribution in [-0.4, -0.2) is 23.0 Å². The molecule has 0 amide bonds. The first-order chi connectivity index (χ1) is 9.18. The molecule has 0 saturated heterocycles. The maximum absolute atomic E-state index is 4.45. The fourth-order valence-electron chi connectivity index (χ4n) is 2.57. The number of hydrogen-bond acceptors (Lipinski definition) is 2. The molecule has 0 bridgehead atoms. The first-order valence-corrected chi connectivity index (χ1v) is 7.48. The molecule has 2 rings (SSSR count). The van der Waals surface area contributed by atoms with Gasteiger partial charge in [-0.15, -0.1) is 0 Å². The number of nitrogens with zero attached hydrogens (tertiary/aromatic N) is 2. The molecule has 0 aromatic carbocycles. The number of rotatable bonds is 3. The van der Waals surface area contributed by atoms with Gasteiger partial charge in [0.2, 0.25) is 0 Å². The Morgan fingerprint density at radius 1 is 1.26 bits per heavy atom. The highest BCUT2D eigenvalue weighted by Crippen LogP contribution is 2.29. The maximum Gasteiger partial charge on any atom is 0.0572 e. The first kappa shape index (κ1) is 15.9. The molecule has 106 valence electrons. The van der Waals surface area contributed by atoms with Crippen molar-refractivity contribution in [3.63, 3.8) is 0 Å². The fourth-order valence-corrected chi connectivity index (χ4v) is 2.57. The van der Waals surface area contributed by atoms with Gasteiger partial charge in [-0.05, 0) is 51.8 Å². The quantitative estimate of drug-likeness (QED) is 0.738. The first-order valence-electron chi connectivity index (χ1n) is 7.48. The highest BCUT2D eigenvalue weighted by Gasteiger charge is 2.24. The van der Waals surface area contributed by atoms with Crippen LogP contribution in [0, 0.1) is 0 Å². The summed E-state index contributed by atoms with van der Waals surface area (Å²) in [5.74, 6) is 0. The highest BCUT2D eigenvalue weighted by atomic mass is 15.2. The molecule has 1 aliphatic rings. The van der Waals surface area contributed by atoms with E-state index in [0.717, 1.165) is 0 Å². The van der Waals surface area contributed by atoms with Gasteiger partial charge in [-0.2, -0.15) is 0 Å². The van der Waals surface area contributed by atoms with Crippen LogP contribution in [0.1, 0.15) is 58.2 Å². The molecule has 1 aliphatic carbocycles. The lowest BCUT2D eigenvalue weighted by molar-refractivity contribution is 0.155. The van der Waals surface area contributed by atoms with E-state index in [9.17, 15) is 0 Å². The van der Waals surface area contributed by atoms with E-state index in [-0.39, 0.29) is 0 Å². The van der Waals surface area contributed by atoms with Crippen LogP contribution >= 0.6 is 0 Å². The molecular weight excluding hydrogens is 232 g/mol. The van der Waals surface area contributed by atoms with Gasteiger partial charge in [0.25, 0.3) is 0 Å². The summed E-state index contributed by atoms with van der Waals surface area (Å²) in [6.07, 6.45) is 6.73. The minimum atomic E-state index is 0.396. The van der Waals surface area contributed by atoms with Gasteiger partial charge in [0.15, 0.2) is 0 Å². The van der Waals surface area contributed by atoms with Crippen molar-refractivity contribution in [2.75, 3.05) is 7.05 Å². The molecule has 0 spiro atoms. The second kappa shape index (κ2) is 8.11. The van der Waals surface area contributed by atoms with Crippen LogP contribution in [0.5, 0.6) is 0 Å². The zero-order valence-electron chi connectivity index (χ0n) is 12.9. The molecule has 2 nitrogen and oxygen atoms in total. The van der Waals surface area contributed by atoms with Crippen LogP contribution in [0.3, 0.4) is 0 Å². The van der Waals surface area contributed by atoms with E-state index in [1.807, 2.05) is 26.1 Å². The SMILES string of the molecule is C=C1CCC(N(C)C(C)c2ccccn2)CC1.CC. The van der Waals surface area contributed by atoms with E-state index in [4.69, 9.17) is 0 Å². The van der Waals surface area contributed by atoms with Crippen LogP contribution in [0.15, 0.2) is 36.5 Å². The number of allylic oxidation sites excluding steroid dienone is 1. The molecule has 0 N–H and O–H groups in total. The summed E-state index contributed by atoms with van der Waals surface area (Å²) in [5.41, 5.74) is 2.58. The molecule has 0 aliphatic heterocycles. The Morgan fingerprint density at radius 3 is 2.42 bits per heavy atom. The zero-order valence-corrected chi connectivity index (χ0v) is 12.9. The predicted molar refractivity (Wildman–Crippen MR) is 83.2 cm³/mol. The van der Waals surface area contributed by atoms with Gasteiger partial charge in [-0.3, -0.25) is 9.88 Å². The van der Waals surface area contributed by atoms with Crippen molar-refractivity contribution in [2.24, 2.45) is 0 Å². The Kier molecular flexibility index (Phi) is 6.79. The predicted octanol–water partition coefficient (Wildman–Crippen LogP) is 4.60. The summed E-state index contributed by atoms with van der Waals surface area (Å²) >= 11 is 0. The van der Waals surface area contributed by atoms with E-state index < -0.39 is 0 Å². The average Bonchev–Trinajstić information content (AvgIpc) is 2.49. The van der Waals surface area contributed by atoms with Crippen LogP contribution in [0.4, 0.5) is 0 Å². The molecule has 19 heavy (non-hydrogen) atoms. The van der Waals surface area contributed by atoms with Gasteiger partial charge in [0.05, 0.1) is 5.69 Å². The van der Waals surface area contributed by atoms with Gasteiger partial charge < -0.3 is 0 Å². The highest BCUT2D eigenvalue weighted by molar-refractivity contribution is 5.09. The van der Waals surface area contributed by atoms with Crippen molar-refractivity contribution in [2.45, 2.75) is 58.5 Å². The second-order valence-electron chi connectivity index (χ2n) is 5.08. The molecular formula is C17H28N2. The smallest absolute Gasteiger partial charge is 0.0572 e.